The predicted octanol–water partition coefficient (Wildman–Crippen LogP) is 2.98. The molecule has 4 heteroatoms. The van der Waals surface area contributed by atoms with Crippen molar-refractivity contribution in [2.75, 3.05) is 0 Å². The molecule has 90 valence electrons. The molecule has 3 rings (SSSR count). The molecule has 0 spiro atoms. The van der Waals surface area contributed by atoms with Gasteiger partial charge >= 0.3 is 0 Å². The van der Waals surface area contributed by atoms with Crippen molar-refractivity contribution in [3.8, 4) is 0 Å². The summed E-state index contributed by atoms with van der Waals surface area (Å²) in [7, 11) is 0. The van der Waals surface area contributed by atoms with Gasteiger partial charge in [-0.2, -0.15) is 0 Å². The molecule has 1 saturated carbocycles. The number of nitrogens with two attached hydrogens (primary N) is 1. The highest BCUT2D eigenvalue weighted by atomic mass is 32.1. The number of thiazole rings is 1. The molecule has 0 aromatic carbocycles. The van der Waals surface area contributed by atoms with Crippen molar-refractivity contribution in [2.24, 2.45) is 5.73 Å². The first-order valence-corrected chi connectivity index (χ1v) is 7.04. The number of fused-ring (bicyclic) bond motifs is 1. The highest BCUT2D eigenvalue weighted by Crippen LogP contribution is 2.36. The maximum Gasteiger partial charge on any atom is 0.0985 e. The van der Waals surface area contributed by atoms with Crippen molar-refractivity contribution in [2.45, 2.75) is 44.6 Å². The van der Waals surface area contributed by atoms with Gasteiger partial charge in [-0.25, -0.2) is 4.98 Å². The highest BCUT2D eigenvalue weighted by molar-refractivity contribution is 7.18. The molecule has 2 aromatic heterocycles. The summed E-state index contributed by atoms with van der Waals surface area (Å²) >= 11 is 1.76. The predicted molar refractivity (Wildman–Crippen MR) is 71.3 cm³/mol. The Morgan fingerprint density at radius 3 is 3.00 bits per heavy atom. The first-order chi connectivity index (χ1) is 8.24. The zero-order chi connectivity index (χ0) is 11.8. The monoisotopic (exact) mass is 247 g/mol. The van der Waals surface area contributed by atoms with Crippen LogP contribution in [-0.2, 0) is 0 Å². The lowest BCUT2D eigenvalue weighted by atomic mass is 9.85. The molecule has 2 N–H and O–H groups in total. The van der Waals surface area contributed by atoms with Gasteiger partial charge in [0.2, 0.25) is 0 Å². The third kappa shape index (κ3) is 2.07. The molecular weight excluding hydrogens is 230 g/mol. The Hall–Kier alpha value is -1.00. The van der Waals surface area contributed by atoms with Crippen LogP contribution in [0.4, 0.5) is 0 Å². The summed E-state index contributed by atoms with van der Waals surface area (Å²) in [5.41, 5.74) is 8.32. The van der Waals surface area contributed by atoms with E-state index >= 15 is 0 Å². The average molecular weight is 247 g/mol. The summed E-state index contributed by atoms with van der Waals surface area (Å²) in [6.07, 6.45) is 6.81. The van der Waals surface area contributed by atoms with Gasteiger partial charge in [-0.15, -0.1) is 11.3 Å². The van der Waals surface area contributed by atoms with Crippen LogP contribution in [0, 0.1) is 6.92 Å². The van der Waals surface area contributed by atoms with Crippen LogP contribution in [0.15, 0.2) is 12.3 Å². The molecule has 0 radical (unpaired) electrons. The Morgan fingerprint density at radius 2 is 2.18 bits per heavy atom. The van der Waals surface area contributed by atoms with E-state index < -0.39 is 0 Å². The number of hydrogen-bond acceptors (Lipinski definition) is 4. The Morgan fingerprint density at radius 1 is 1.35 bits per heavy atom. The smallest absolute Gasteiger partial charge is 0.0985 e. The summed E-state index contributed by atoms with van der Waals surface area (Å²) in [5, 5.41) is 1.21. The van der Waals surface area contributed by atoms with Gasteiger partial charge in [-0.1, -0.05) is 12.8 Å². The first kappa shape index (κ1) is 11.1. The van der Waals surface area contributed by atoms with E-state index in [-0.39, 0.29) is 0 Å². The first-order valence-electron chi connectivity index (χ1n) is 6.23. The molecule has 0 amide bonds. The molecule has 1 aliphatic carbocycles. The van der Waals surface area contributed by atoms with E-state index in [1.54, 1.807) is 11.3 Å². The van der Waals surface area contributed by atoms with Crippen molar-refractivity contribution in [3.05, 3.63) is 23.0 Å². The molecule has 3 nitrogen and oxygen atoms in total. The Kier molecular flexibility index (Phi) is 2.84. The highest BCUT2D eigenvalue weighted by Gasteiger charge is 2.26. The Bertz CT molecular complexity index is 534. The molecule has 0 saturated heterocycles. The van der Waals surface area contributed by atoms with Gasteiger partial charge < -0.3 is 5.73 Å². The number of hydrogen-bond donors (Lipinski definition) is 1. The minimum absolute atomic E-state index is 0.290. The second kappa shape index (κ2) is 4.35. The van der Waals surface area contributed by atoms with Gasteiger partial charge in [0.15, 0.2) is 0 Å². The maximum absolute atomic E-state index is 6.21. The summed E-state index contributed by atoms with van der Waals surface area (Å²) < 4.78 is 1.18. The van der Waals surface area contributed by atoms with Crippen LogP contribution in [0.5, 0.6) is 0 Å². The fraction of sp³-hybridized carbons (Fsp3) is 0.538. The number of rotatable bonds is 1. The second-order valence-electron chi connectivity index (χ2n) is 4.90. The SMILES string of the molecule is Cc1cc2nc(C3CCCCC3N)sc2cn1. The third-order valence-corrected chi connectivity index (χ3v) is 4.70. The molecule has 2 unspecified atom stereocenters. The van der Waals surface area contributed by atoms with Gasteiger partial charge in [-0.05, 0) is 25.8 Å². The van der Waals surface area contributed by atoms with Gasteiger partial charge in [0.05, 0.1) is 15.2 Å². The van der Waals surface area contributed by atoms with E-state index in [2.05, 4.69) is 11.1 Å². The number of pyridine rings is 1. The van der Waals surface area contributed by atoms with E-state index in [0.717, 1.165) is 17.6 Å². The van der Waals surface area contributed by atoms with Crippen LogP contribution in [0.1, 0.15) is 42.3 Å². The second-order valence-corrected chi connectivity index (χ2v) is 5.96. The van der Waals surface area contributed by atoms with Gasteiger partial charge in [0.25, 0.3) is 0 Å². The lowest BCUT2D eigenvalue weighted by Gasteiger charge is -2.26. The molecule has 1 aliphatic rings. The Balaban J connectivity index is 1.99. The zero-order valence-electron chi connectivity index (χ0n) is 10.0. The molecule has 2 atom stereocenters. The third-order valence-electron chi connectivity index (χ3n) is 3.57. The van der Waals surface area contributed by atoms with Crippen molar-refractivity contribution in [1.82, 2.24) is 9.97 Å². The minimum Gasteiger partial charge on any atom is -0.327 e. The van der Waals surface area contributed by atoms with E-state index in [9.17, 15) is 0 Å². The number of aryl methyl sites for hydroxylation is 1. The molecule has 1 fully saturated rings. The van der Waals surface area contributed by atoms with Crippen LogP contribution in [0.3, 0.4) is 0 Å². The lowest BCUT2D eigenvalue weighted by Crippen LogP contribution is -2.31. The van der Waals surface area contributed by atoms with Gasteiger partial charge in [0, 0.05) is 23.9 Å². The maximum atomic E-state index is 6.21. The minimum atomic E-state index is 0.290. The normalized spacial score (nSPS) is 25.3. The number of nitrogens with zero attached hydrogens (tertiary/aromatic N) is 2. The topological polar surface area (TPSA) is 51.8 Å². The van der Waals surface area contributed by atoms with Crippen molar-refractivity contribution in [1.29, 1.82) is 0 Å². The Labute approximate surface area is 105 Å². The van der Waals surface area contributed by atoms with Gasteiger partial charge in [0.1, 0.15) is 0 Å². The molecule has 2 aromatic rings. The van der Waals surface area contributed by atoms with Crippen LogP contribution in [0.2, 0.25) is 0 Å². The average Bonchev–Trinajstić information content (AvgIpc) is 2.72. The summed E-state index contributed by atoms with van der Waals surface area (Å²) in [4.78, 5) is 9.07. The van der Waals surface area contributed by atoms with E-state index in [0.29, 0.717) is 12.0 Å². The fourth-order valence-corrected chi connectivity index (χ4v) is 3.71. The molecule has 0 aliphatic heterocycles. The van der Waals surface area contributed by atoms with E-state index in [1.807, 2.05) is 13.1 Å². The molecule has 0 bridgehead atoms. The quantitative estimate of drug-likeness (QED) is 0.843. The van der Waals surface area contributed by atoms with Crippen molar-refractivity contribution >= 4 is 21.6 Å². The van der Waals surface area contributed by atoms with E-state index in [4.69, 9.17) is 10.7 Å². The van der Waals surface area contributed by atoms with Crippen molar-refractivity contribution in [3.63, 3.8) is 0 Å². The van der Waals surface area contributed by atoms with Crippen LogP contribution in [-0.4, -0.2) is 16.0 Å². The van der Waals surface area contributed by atoms with E-state index in [1.165, 1.54) is 29.0 Å². The largest absolute Gasteiger partial charge is 0.327 e. The zero-order valence-corrected chi connectivity index (χ0v) is 10.8. The number of aromatic nitrogens is 2. The van der Waals surface area contributed by atoms with Crippen LogP contribution < -0.4 is 5.73 Å². The molecular formula is C13H17N3S. The molecule has 2 heterocycles. The van der Waals surface area contributed by atoms with Crippen LogP contribution in [0.25, 0.3) is 10.2 Å². The lowest BCUT2D eigenvalue weighted by molar-refractivity contribution is 0.385. The fourth-order valence-electron chi connectivity index (χ4n) is 2.58. The van der Waals surface area contributed by atoms with Gasteiger partial charge in [-0.3, -0.25) is 4.98 Å². The molecule has 17 heavy (non-hydrogen) atoms. The summed E-state index contributed by atoms with van der Waals surface area (Å²) in [5.74, 6) is 0.460. The van der Waals surface area contributed by atoms with Crippen molar-refractivity contribution < 1.29 is 0 Å². The summed E-state index contributed by atoms with van der Waals surface area (Å²) in [6, 6.07) is 2.35. The standard InChI is InChI=1S/C13H17N3S/c1-8-6-11-12(7-15-8)17-13(16-11)9-4-2-3-5-10(9)14/h6-7,9-10H,2-5,14H2,1H3. The summed E-state index contributed by atoms with van der Waals surface area (Å²) in [6.45, 7) is 2.00. The van der Waals surface area contributed by atoms with Crippen LogP contribution >= 0.6 is 11.3 Å².